The Morgan fingerprint density at radius 2 is 2.07 bits per heavy atom. The van der Waals surface area contributed by atoms with Crippen molar-refractivity contribution in [2.45, 2.75) is 6.92 Å². The Morgan fingerprint density at radius 3 is 2.47 bits per heavy atom. The van der Waals surface area contributed by atoms with E-state index in [0.717, 1.165) is 0 Å². The van der Waals surface area contributed by atoms with Crippen LogP contribution in [0.25, 0.3) is 0 Å². The van der Waals surface area contributed by atoms with E-state index in [1.807, 2.05) is 0 Å². The zero-order chi connectivity index (χ0) is 11.3. The molecule has 0 saturated heterocycles. The fourth-order valence-electron chi connectivity index (χ4n) is 1.15. The number of nitrogens with zero attached hydrogens (tertiary/aromatic N) is 2. The quantitative estimate of drug-likeness (QED) is 0.684. The fourth-order valence-corrected chi connectivity index (χ4v) is 1.15. The largest absolute Gasteiger partial charge is 0.438 e. The van der Waals surface area contributed by atoms with Gasteiger partial charge in [-0.15, -0.1) is 0 Å². The highest BCUT2D eigenvalue weighted by molar-refractivity contribution is 5.89. The number of amides is 1. The van der Waals surface area contributed by atoms with E-state index in [9.17, 15) is 4.79 Å². The first-order valence-corrected chi connectivity index (χ1v) is 4.62. The van der Waals surface area contributed by atoms with E-state index in [1.54, 1.807) is 6.92 Å². The summed E-state index contributed by atoms with van der Waals surface area (Å²) < 4.78 is 5.05. The van der Waals surface area contributed by atoms with Crippen LogP contribution in [0.3, 0.4) is 0 Å². The summed E-state index contributed by atoms with van der Waals surface area (Å²) in [6.07, 6.45) is 1.45. The molecule has 0 saturated carbocycles. The number of aliphatic hydroxyl groups excluding tert-OH is 2. The van der Waals surface area contributed by atoms with Gasteiger partial charge in [-0.05, 0) is 6.92 Å². The van der Waals surface area contributed by atoms with Crippen molar-refractivity contribution in [3.63, 3.8) is 0 Å². The minimum Gasteiger partial charge on any atom is -0.438 e. The topological polar surface area (TPSA) is 86.8 Å². The van der Waals surface area contributed by atoms with Crippen molar-refractivity contribution in [2.24, 2.45) is 0 Å². The molecule has 0 aliphatic rings. The molecule has 1 aromatic rings. The molecule has 0 bridgehead atoms. The molecule has 15 heavy (non-hydrogen) atoms. The number of aryl methyl sites for hydroxylation is 1. The summed E-state index contributed by atoms with van der Waals surface area (Å²) in [5.74, 6) is 0.104. The summed E-state index contributed by atoms with van der Waals surface area (Å²) in [7, 11) is 0. The SMILES string of the molecule is Cc1cnc(C(=O)N(CCO)CCO)o1. The van der Waals surface area contributed by atoms with Crippen LogP contribution in [0.15, 0.2) is 10.6 Å². The lowest BCUT2D eigenvalue weighted by Crippen LogP contribution is -2.36. The van der Waals surface area contributed by atoms with Crippen molar-refractivity contribution >= 4 is 5.91 Å². The van der Waals surface area contributed by atoms with Gasteiger partial charge < -0.3 is 19.5 Å². The van der Waals surface area contributed by atoms with Crippen molar-refractivity contribution in [1.29, 1.82) is 0 Å². The highest BCUT2D eigenvalue weighted by atomic mass is 16.4. The lowest BCUT2D eigenvalue weighted by molar-refractivity contribution is 0.0644. The molecule has 1 rings (SSSR count). The summed E-state index contributed by atoms with van der Waals surface area (Å²) in [6.45, 7) is 1.67. The van der Waals surface area contributed by atoms with Crippen LogP contribution in [0.4, 0.5) is 0 Å². The van der Waals surface area contributed by atoms with E-state index in [0.29, 0.717) is 5.76 Å². The Labute approximate surface area is 87.1 Å². The number of aliphatic hydroxyl groups is 2. The Bertz CT molecular complexity index is 318. The van der Waals surface area contributed by atoms with E-state index in [-0.39, 0.29) is 32.2 Å². The van der Waals surface area contributed by atoms with E-state index in [4.69, 9.17) is 14.6 Å². The Morgan fingerprint density at radius 1 is 1.47 bits per heavy atom. The minimum atomic E-state index is -0.425. The van der Waals surface area contributed by atoms with Crippen molar-refractivity contribution in [1.82, 2.24) is 9.88 Å². The van der Waals surface area contributed by atoms with E-state index in [2.05, 4.69) is 4.98 Å². The second kappa shape index (κ2) is 5.47. The molecule has 0 radical (unpaired) electrons. The van der Waals surface area contributed by atoms with Crippen molar-refractivity contribution < 1.29 is 19.4 Å². The molecule has 1 heterocycles. The maximum Gasteiger partial charge on any atom is 0.309 e. The summed E-state index contributed by atoms with van der Waals surface area (Å²) in [5.41, 5.74) is 0. The first kappa shape index (κ1) is 11.7. The predicted octanol–water partition coefficient (Wildman–Crippen LogP) is -0.590. The van der Waals surface area contributed by atoms with E-state index < -0.39 is 5.91 Å². The molecule has 1 aromatic heterocycles. The summed E-state index contributed by atoms with van der Waals surface area (Å²) >= 11 is 0. The minimum absolute atomic E-state index is 0.0191. The average Bonchev–Trinajstić information content (AvgIpc) is 2.63. The van der Waals surface area contributed by atoms with Gasteiger partial charge >= 0.3 is 5.91 Å². The van der Waals surface area contributed by atoms with Gasteiger partial charge in [-0.1, -0.05) is 0 Å². The average molecular weight is 214 g/mol. The molecule has 6 nitrogen and oxygen atoms in total. The van der Waals surface area contributed by atoms with Gasteiger partial charge in [0.2, 0.25) is 0 Å². The highest BCUT2D eigenvalue weighted by Crippen LogP contribution is 2.05. The first-order chi connectivity index (χ1) is 7.19. The lowest BCUT2D eigenvalue weighted by Gasteiger charge is -2.18. The monoisotopic (exact) mass is 214 g/mol. The van der Waals surface area contributed by atoms with Gasteiger partial charge in [0, 0.05) is 13.1 Å². The summed E-state index contributed by atoms with van der Waals surface area (Å²) in [5, 5.41) is 17.5. The molecular weight excluding hydrogens is 200 g/mol. The normalized spacial score (nSPS) is 10.3. The van der Waals surface area contributed by atoms with Crippen LogP contribution < -0.4 is 0 Å². The van der Waals surface area contributed by atoms with Gasteiger partial charge in [0.1, 0.15) is 5.76 Å². The molecule has 0 atom stereocenters. The van der Waals surface area contributed by atoms with Gasteiger partial charge in [0.25, 0.3) is 5.89 Å². The fraction of sp³-hybridized carbons (Fsp3) is 0.556. The van der Waals surface area contributed by atoms with Crippen LogP contribution in [0.5, 0.6) is 0 Å². The second-order valence-electron chi connectivity index (χ2n) is 3.02. The number of carbonyl (C=O) groups is 1. The molecule has 2 N–H and O–H groups in total. The van der Waals surface area contributed by atoms with Gasteiger partial charge in [0.15, 0.2) is 0 Å². The molecule has 0 aliphatic heterocycles. The summed E-state index contributed by atoms with van der Waals surface area (Å²) in [4.78, 5) is 16.7. The summed E-state index contributed by atoms with van der Waals surface area (Å²) in [6, 6.07) is 0. The van der Waals surface area contributed by atoms with Crippen LogP contribution in [0.2, 0.25) is 0 Å². The number of hydrogen-bond acceptors (Lipinski definition) is 5. The van der Waals surface area contributed by atoms with Gasteiger partial charge in [0.05, 0.1) is 19.4 Å². The number of hydrogen-bond donors (Lipinski definition) is 2. The zero-order valence-electron chi connectivity index (χ0n) is 8.51. The number of oxazole rings is 1. The molecule has 0 unspecified atom stereocenters. The molecule has 0 spiro atoms. The smallest absolute Gasteiger partial charge is 0.309 e. The molecule has 0 aliphatic carbocycles. The van der Waals surface area contributed by atoms with E-state index in [1.165, 1.54) is 11.1 Å². The first-order valence-electron chi connectivity index (χ1n) is 4.62. The molecule has 0 aromatic carbocycles. The van der Waals surface area contributed by atoms with Crippen molar-refractivity contribution in [3.8, 4) is 0 Å². The third-order valence-electron chi connectivity index (χ3n) is 1.83. The molecule has 1 amide bonds. The molecule has 84 valence electrons. The molecular formula is C9H14N2O4. The second-order valence-corrected chi connectivity index (χ2v) is 3.02. The maximum absolute atomic E-state index is 11.7. The van der Waals surface area contributed by atoms with Crippen LogP contribution >= 0.6 is 0 Å². The highest BCUT2D eigenvalue weighted by Gasteiger charge is 2.19. The third kappa shape index (κ3) is 3.03. The van der Waals surface area contributed by atoms with Gasteiger partial charge in [-0.2, -0.15) is 0 Å². The standard InChI is InChI=1S/C9H14N2O4/c1-7-6-10-8(15-7)9(14)11(2-4-12)3-5-13/h6,12-13H,2-5H2,1H3. The zero-order valence-corrected chi connectivity index (χ0v) is 8.51. The van der Waals surface area contributed by atoms with Crippen LogP contribution in [-0.4, -0.2) is 52.3 Å². The Kier molecular flexibility index (Phi) is 4.26. The number of aromatic nitrogens is 1. The number of rotatable bonds is 5. The van der Waals surface area contributed by atoms with Crippen LogP contribution in [-0.2, 0) is 0 Å². The van der Waals surface area contributed by atoms with Gasteiger partial charge in [-0.3, -0.25) is 4.79 Å². The Hall–Kier alpha value is -1.40. The van der Waals surface area contributed by atoms with Crippen LogP contribution in [0, 0.1) is 6.92 Å². The van der Waals surface area contributed by atoms with Gasteiger partial charge in [-0.25, -0.2) is 4.98 Å². The predicted molar refractivity (Wildman–Crippen MR) is 51.3 cm³/mol. The van der Waals surface area contributed by atoms with E-state index >= 15 is 0 Å². The number of carbonyl (C=O) groups excluding carboxylic acids is 1. The van der Waals surface area contributed by atoms with Crippen molar-refractivity contribution in [2.75, 3.05) is 26.3 Å². The molecule has 6 heteroatoms. The molecule has 0 fully saturated rings. The third-order valence-corrected chi connectivity index (χ3v) is 1.83. The van der Waals surface area contributed by atoms with Crippen LogP contribution in [0.1, 0.15) is 16.4 Å². The Balaban J connectivity index is 2.71. The maximum atomic E-state index is 11.7. The van der Waals surface area contributed by atoms with Crippen molar-refractivity contribution in [3.05, 3.63) is 17.8 Å². The lowest BCUT2D eigenvalue weighted by atomic mass is 10.4.